The van der Waals surface area contributed by atoms with E-state index >= 15 is 0 Å². The molecule has 2 heterocycles. The predicted octanol–water partition coefficient (Wildman–Crippen LogP) is -1.26. The van der Waals surface area contributed by atoms with Crippen LogP contribution in [0.4, 0.5) is 0 Å². The maximum absolute atomic E-state index is 11.7. The molecule has 0 saturated carbocycles. The van der Waals surface area contributed by atoms with Gasteiger partial charge in [0.2, 0.25) is 0 Å². The molecule has 1 aliphatic heterocycles. The summed E-state index contributed by atoms with van der Waals surface area (Å²) in [6.07, 6.45) is 0. The highest BCUT2D eigenvalue weighted by molar-refractivity contribution is 5.08. The Morgan fingerprint density at radius 3 is 2.75 bits per heavy atom. The molecule has 2 rings (SSSR count). The molecule has 6 heteroatoms. The van der Waals surface area contributed by atoms with E-state index in [1.165, 1.54) is 17.7 Å². The van der Waals surface area contributed by atoms with Crippen molar-refractivity contribution in [1.29, 1.82) is 0 Å². The summed E-state index contributed by atoms with van der Waals surface area (Å²) in [6.45, 7) is 1.88. The Hall–Kier alpha value is -1.40. The monoisotopic (exact) mass is 225 g/mol. The second kappa shape index (κ2) is 4.23. The van der Waals surface area contributed by atoms with Crippen molar-refractivity contribution in [3.8, 4) is 0 Å². The largest absolute Gasteiger partial charge is 0.378 e. The van der Waals surface area contributed by atoms with E-state index in [-0.39, 0.29) is 17.3 Å². The van der Waals surface area contributed by atoms with E-state index in [1.807, 2.05) is 0 Å². The van der Waals surface area contributed by atoms with Gasteiger partial charge in [-0.25, -0.2) is 4.79 Å². The van der Waals surface area contributed by atoms with Crippen molar-refractivity contribution in [3.63, 3.8) is 0 Å². The molecular formula is C10H15N3O3. The Labute approximate surface area is 92.5 Å². The highest BCUT2D eigenvalue weighted by Crippen LogP contribution is 2.11. The van der Waals surface area contributed by atoms with Crippen molar-refractivity contribution in [1.82, 2.24) is 14.5 Å². The zero-order chi connectivity index (χ0) is 11.7. The molecule has 88 valence electrons. The smallest absolute Gasteiger partial charge is 0.330 e. The lowest BCUT2D eigenvalue weighted by Crippen LogP contribution is -2.43. The first-order valence-corrected chi connectivity index (χ1v) is 5.19. The molecule has 1 saturated heterocycles. The second-order valence-electron chi connectivity index (χ2n) is 3.89. The fraction of sp³-hybridized carbons (Fsp3) is 0.600. The number of hydrogen-bond acceptors (Lipinski definition) is 4. The SMILES string of the molecule is Cn1c(C2COCCN2)cc(=O)n(C)c1=O. The molecule has 1 aromatic heterocycles. The third-order valence-corrected chi connectivity index (χ3v) is 2.84. The van der Waals surface area contributed by atoms with Crippen molar-refractivity contribution in [2.75, 3.05) is 19.8 Å². The molecule has 1 atom stereocenters. The van der Waals surface area contributed by atoms with Crippen molar-refractivity contribution in [3.05, 3.63) is 32.6 Å². The summed E-state index contributed by atoms with van der Waals surface area (Å²) in [5.74, 6) is 0. The predicted molar refractivity (Wildman–Crippen MR) is 58.5 cm³/mol. The van der Waals surface area contributed by atoms with Gasteiger partial charge in [-0.15, -0.1) is 0 Å². The van der Waals surface area contributed by atoms with Crippen LogP contribution >= 0.6 is 0 Å². The van der Waals surface area contributed by atoms with Crippen molar-refractivity contribution in [2.45, 2.75) is 6.04 Å². The van der Waals surface area contributed by atoms with Crippen LogP contribution in [0.5, 0.6) is 0 Å². The lowest BCUT2D eigenvalue weighted by atomic mass is 10.2. The average Bonchev–Trinajstić information content (AvgIpc) is 2.32. The number of rotatable bonds is 1. The fourth-order valence-electron chi connectivity index (χ4n) is 1.84. The topological polar surface area (TPSA) is 65.3 Å². The summed E-state index contributed by atoms with van der Waals surface area (Å²) in [7, 11) is 3.13. The van der Waals surface area contributed by atoms with E-state index in [0.717, 1.165) is 11.1 Å². The van der Waals surface area contributed by atoms with Crippen LogP contribution in [0.3, 0.4) is 0 Å². The van der Waals surface area contributed by atoms with Gasteiger partial charge < -0.3 is 10.1 Å². The van der Waals surface area contributed by atoms with E-state index in [2.05, 4.69) is 5.32 Å². The van der Waals surface area contributed by atoms with Crippen LogP contribution in [0.15, 0.2) is 15.7 Å². The van der Waals surface area contributed by atoms with E-state index in [1.54, 1.807) is 7.05 Å². The molecule has 1 aliphatic rings. The normalized spacial score (nSPS) is 21.0. The summed E-state index contributed by atoms with van der Waals surface area (Å²) < 4.78 is 7.89. The van der Waals surface area contributed by atoms with Gasteiger partial charge in [0.05, 0.1) is 19.3 Å². The molecule has 0 spiro atoms. The van der Waals surface area contributed by atoms with Crippen LogP contribution < -0.4 is 16.6 Å². The summed E-state index contributed by atoms with van der Waals surface area (Å²) in [5, 5.41) is 3.22. The average molecular weight is 225 g/mol. The third-order valence-electron chi connectivity index (χ3n) is 2.84. The lowest BCUT2D eigenvalue weighted by molar-refractivity contribution is 0.0742. The maximum atomic E-state index is 11.7. The standard InChI is InChI=1S/C10H15N3O3/c1-12-8(7-6-16-4-3-11-7)5-9(14)13(2)10(12)15/h5,7,11H,3-4,6H2,1-2H3. The first kappa shape index (κ1) is 11.1. The number of ether oxygens (including phenoxy) is 1. The Bertz CT molecular complexity index is 497. The minimum absolute atomic E-state index is 0.0830. The molecule has 0 aliphatic carbocycles. The molecule has 1 fully saturated rings. The summed E-state index contributed by atoms with van der Waals surface area (Å²) in [5.41, 5.74) is 0.0770. The quantitative estimate of drug-likeness (QED) is 0.648. The zero-order valence-corrected chi connectivity index (χ0v) is 9.40. The lowest BCUT2D eigenvalue weighted by Gasteiger charge is -2.25. The van der Waals surface area contributed by atoms with Gasteiger partial charge in [-0.05, 0) is 0 Å². The molecule has 16 heavy (non-hydrogen) atoms. The molecule has 0 amide bonds. The van der Waals surface area contributed by atoms with Crippen LogP contribution in [0.25, 0.3) is 0 Å². The first-order chi connectivity index (χ1) is 7.61. The highest BCUT2D eigenvalue weighted by Gasteiger charge is 2.19. The van der Waals surface area contributed by atoms with Gasteiger partial charge in [0.25, 0.3) is 5.56 Å². The molecule has 0 aromatic carbocycles. The van der Waals surface area contributed by atoms with Gasteiger partial charge in [0.15, 0.2) is 0 Å². The van der Waals surface area contributed by atoms with E-state index in [4.69, 9.17) is 4.74 Å². The zero-order valence-electron chi connectivity index (χ0n) is 9.40. The number of hydrogen-bond donors (Lipinski definition) is 1. The van der Waals surface area contributed by atoms with Crippen LogP contribution in [0.2, 0.25) is 0 Å². The number of morpholine rings is 1. The van der Waals surface area contributed by atoms with Gasteiger partial charge in [0, 0.05) is 32.4 Å². The molecular weight excluding hydrogens is 210 g/mol. The van der Waals surface area contributed by atoms with Crippen LogP contribution in [-0.2, 0) is 18.8 Å². The van der Waals surface area contributed by atoms with Gasteiger partial charge >= 0.3 is 5.69 Å². The molecule has 1 N–H and O–H groups in total. The van der Waals surface area contributed by atoms with Gasteiger partial charge in [-0.2, -0.15) is 0 Å². The van der Waals surface area contributed by atoms with Crippen molar-refractivity contribution < 1.29 is 4.74 Å². The molecule has 6 nitrogen and oxygen atoms in total. The van der Waals surface area contributed by atoms with E-state index in [0.29, 0.717) is 18.9 Å². The number of nitrogens with zero attached hydrogens (tertiary/aromatic N) is 2. The Morgan fingerprint density at radius 2 is 2.12 bits per heavy atom. The number of nitrogens with one attached hydrogen (secondary N) is 1. The van der Waals surface area contributed by atoms with E-state index in [9.17, 15) is 9.59 Å². The highest BCUT2D eigenvalue weighted by atomic mass is 16.5. The molecule has 0 radical (unpaired) electrons. The first-order valence-electron chi connectivity index (χ1n) is 5.19. The van der Waals surface area contributed by atoms with Crippen LogP contribution in [0, 0.1) is 0 Å². The summed E-state index contributed by atoms with van der Waals surface area (Å²) in [6, 6.07) is 1.40. The summed E-state index contributed by atoms with van der Waals surface area (Å²) in [4.78, 5) is 23.2. The van der Waals surface area contributed by atoms with Crippen LogP contribution in [0.1, 0.15) is 11.7 Å². The number of aromatic nitrogens is 2. The molecule has 1 aromatic rings. The minimum Gasteiger partial charge on any atom is -0.378 e. The fourth-order valence-corrected chi connectivity index (χ4v) is 1.84. The van der Waals surface area contributed by atoms with Crippen LogP contribution in [-0.4, -0.2) is 28.9 Å². The second-order valence-corrected chi connectivity index (χ2v) is 3.89. The third kappa shape index (κ3) is 1.81. The van der Waals surface area contributed by atoms with Gasteiger partial charge in [-0.1, -0.05) is 0 Å². The van der Waals surface area contributed by atoms with Crippen molar-refractivity contribution in [2.24, 2.45) is 14.1 Å². The molecule has 1 unspecified atom stereocenters. The Kier molecular flexibility index (Phi) is 2.93. The van der Waals surface area contributed by atoms with E-state index < -0.39 is 0 Å². The summed E-state index contributed by atoms with van der Waals surface area (Å²) >= 11 is 0. The van der Waals surface area contributed by atoms with Gasteiger partial charge in [-0.3, -0.25) is 13.9 Å². The molecule has 0 bridgehead atoms. The minimum atomic E-state index is -0.310. The Morgan fingerprint density at radius 1 is 1.38 bits per heavy atom. The maximum Gasteiger partial charge on any atom is 0.330 e. The Balaban J connectivity index is 2.48. The van der Waals surface area contributed by atoms with Gasteiger partial charge in [0.1, 0.15) is 0 Å². The van der Waals surface area contributed by atoms with Crippen molar-refractivity contribution >= 4 is 0 Å².